The molecule has 0 saturated carbocycles. The Balaban J connectivity index is 2.95. The first-order chi connectivity index (χ1) is 6.69. The summed E-state index contributed by atoms with van der Waals surface area (Å²) in [6.07, 6.45) is 0. The summed E-state index contributed by atoms with van der Waals surface area (Å²) in [6.45, 7) is 0. The third-order valence-corrected chi connectivity index (χ3v) is 1.60. The van der Waals surface area contributed by atoms with Gasteiger partial charge in [-0.05, 0) is 12.1 Å². The van der Waals surface area contributed by atoms with E-state index in [1.807, 2.05) is 0 Å². The van der Waals surface area contributed by atoms with E-state index in [2.05, 4.69) is 4.89 Å². The van der Waals surface area contributed by atoms with Crippen LogP contribution >= 0.6 is 0 Å². The molecule has 0 aliphatic carbocycles. The SMILES string of the molecule is COc1cccc(C(=O)C(=O)OO)c1. The second-order valence-electron chi connectivity index (χ2n) is 2.44. The normalized spacial score (nSPS) is 9.29. The van der Waals surface area contributed by atoms with Gasteiger partial charge >= 0.3 is 5.97 Å². The number of hydrogen-bond acceptors (Lipinski definition) is 5. The number of carbonyl (C=O) groups is 2. The van der Waals surface area contributed by atoms with Crippen LogP contribution in [-0.2, 0) is 9.68 Å². The number of Topliss-reactive ketones (excluding diaryl/α,β-unsaturated/α-hetero) is 1. The van der Waals surface area contributed by atoms with Gasteiger partial charge in [0.15, 0.2) is 0 Å². The molecular formula is C9H8O5. The number of rotatable bonds is 3. The molecule has 0 heterocycles. The molecule has 1 N–H and O–H groups in total. The Bertz CT molecular complexity index is 358. The van der Waals surface area contributed by atoms with Crippen LogP contribution in [0.4, 0.5) is 0 Å². The third kappa shape index (κ3) is 2.08. The van der Waals surface area contributed by atoms with Crippen LogP contribution in [0.3, 0.4) is 0 Å². The number of ether oxygens (including phenoxy) is 1. The molecule has 1 rings (SSSR count). The molecule has 0 unspecified atom stereocenters. The summed E-state index contributed by atoms with van der Waals surface area (Å²) in [5, 5.41) is 7.99. The highest BCUT2D eigenvalue weighted by molar-refractivity contribution is 6.40. The molecule has 0 amide bonds. The molecule has 0 spiro atoms. The fourth-order valence-electron chi connectivity index (χ4n) is 0.924. The van der Waals surface area contributed by atoms with Crippen molar-refractivity contribution in [3.05, 3.63) is 29.8 Å². The standard InChI is InChI=1S/C9H8O5/c1-13-7-4-2-3-6(5-7)8(10)9(11)14-12/h2-5,12H,1H3. The lowest BCUT2D eigenvalue weighted by molar-refractivity contribution is -0.227. The Morgan fingerprint density at radius 1 is 1.36 bits per heavy atom. The summed E-state index contributed by atoms with van der Waals surface area (Å²) in [4.78, 5) is 25.1. The molecule has 1 aromatic rings. The Hall–Kier alpha value is -1.88. The van der Waals surface area contributed by atoms with Gasteiger partial charge in [-0.15, -0.1) is 0 Å². The lowest BCUT2D eigenvalue weighted by Crippen LogP contribution is -2.15. The van der Waals surface area contributed by atoms with Gasteiger partial charge < -0.3 is 4.74 Å². The van der Waals surface area contributed by atoms with Crippen molar-refractivity contribution in [3.63, 3.8) is 0 Å². The highest BCUT2D eigenvalue weighted by Crippen LogP contribution is 2.13. The van der Waals surface area contributed by atoms with Gasteiger partial charge in [0.1, 0.15) is 5.75 Å². The quantitative estimate of drug-likeness (QED) is 0.336. The molecule has 74 valence electrons. The molecule has 0 radical (unpaired) electrons. The maximum Gasteiger partial charge on any atom is 0.412 e. The zero-order valence-electron chi connectivity index (χ0n) is 7.39. The van der Waals surface area contributed by atoms with E-state index in [0.717, 1.165) is 0 Å². The molecule has 5 nitrogen and oxygen atoms in total. The van der Waals surface area contributed by atoms with Crippen LogP contribution in [0.5, 0.6) is 5.75 Å². The Morgan fingerprint density at radius 3 is 2.64 bits per heavy atom. The van der Waals surface area contributed by atoms with Gasteiger partial charge in [-0.1, -0.05) is 12.1 Å². The van der Waals surface area contributed by atoms with Crippen molar-refractivity contribution in [2.45, 2.75) is 0 Å². The summed E-state index contributed by atoms with van der Waals surface area (Å²) in [7, 11) is 1.44. The maximum atomic E-state index is 11.2. The van der Waals surface area contributed by atoms with Gasteiger partial charge in [0, 0.05) is 5.56 Å². The topological polar surface area (TPSA) is 72.8 Å². The van der Waals surface area contributed by atoms with E-state index in [1.54, 1.807) is 12.1 Å². The van der Waals surface area contributed by atoms with E-state index in [4.69, 9.17) is 9.99 Å². The molecule has 14 heavy (non-hydrogen) atoms. The lowest BCUT2D eigenvalue weighted by atomic mass is 10.1. The summed E-state index contributed by atoms with van der Waals surface area (Å²) in [6, 6.07) is 5.97. The fourth-order valence-corrected chi connectivity index (χ4v) is 0.924. The van der Waals surface area contributed by atoms with Crippen LogP contribution in [0, 0.1) is 0 Å². The first-order valence-corrected chi connectivity index (χ1v) is 3.73. The second-order valence-corrected chi connectivity index (χ2v) is 2.44. The van der Waals surface area contributed by atoms with Crippen molar-refractivity contribution in [3.8, 4) is 5.75 Å². The predicted octanol–water partition coefficient (Wildman–Crippen LogP) is 0.894. The summed E-state index contributed by atoms with van der Waals surface area (Å²) < 4.78 is 4.85. The zero-order chi connectivity index (χ0) is 10.6. The number of benzene rings is 1. The lowest BCUT2D eigenvalue weighted by Gasteiger charge is -2.01. The molecule has 0 aromatic heterocycles. The van der Waals surface area contributed by atoms with Gasteiger partial charge in [-0.2, -0.15) is 5.26 Å². The highest BCUT2D eigenvalue weighted by Gasteiger charge is 2.18. The summed E-state index contributed by atoms with van der Waals surface area (Å²) in [5.74, 6) is -1.80. The highest BCUT2D eigenvalue weighted by atomic mass is 17.1. The third-order valence-electron chi connectivity index (χ3n) is 1.60. The molecular weight excluding hydrogens is 188 g/mol. The largest absolute Gasteiger partial charge is 0.497 e. The minimum atomic E-state index is -1.32. The van der Waals surface area contributed by atoms with Crippen molar-refractivity contribution in [1.29, 1.82) is 0 Å². The van der Waals surface area contributed by atoms with Crippen molar-refractivity contribution in [1.82, 2.24) is 0 Å². The van der Waals surface area contributed by atoms with Crippen LogP contribution < -0.4 is 4.74 Å². The van der Waals surface area contributed by atoms with Crippen LogP contribution in [0.25, 0.3) is 0 Å². The maximum absolute atomic E-state index is 11.2. The van der Waals surface area contributed by atoms with Crippen LogP contribution in [-0.4, -0.2) is 24.1 Å². The Kier molecular flexibility index (Phi) is 3.19. The molecule has 0 bridgehead atoms. The van der Waals surface area contributed by atoms with Crippen molar-refractivity contribution < 1.29 is 24.5 Å². The fraction of sp³-hybridized carbons (Fsp3) is 0.111. The average molecular weight is 196 g/mol. The predicted molar refractivity (Wildman–Crippen MR) is 46.0 cm³/mol. The van der Waals surface area contributed by atoms with Gasteiger partial charge in [0.25, 0.3) is 5.78 Å². The number of ketones is 1. The molecule has 0 saturated heterocycles. The van der Waals surface area contributed by atoms with E-state index in [1.165, 1.54) is 19.2 Å². The van der Waals surface area contributed by atoms with Crippen LogP contribution in [0.2, 0.25) is 0 Å². The van der Waals surface area contributed by atoms with Gasteiger partial charge in [-0.3, -0.25) is 9.68 Å². The van der Waals surface area contributed by atoms with E-state index in [0.29, 0.717) is 5.75 Å². The van der Waals surface area contributed by atoms with Gasteiger partial charge in [0.05, 0.1) is 7.11 Å². The first kappa shape index (κ1) is 10.2. The molecule has 5 heteroatoms. The first-order valence-electron chi connectivity index (χ1n) is 3.73. The van der Waals surface area contributed by atoms with E-state index < -0.39 is 11.8 Å². The van der Waals surface area contributed by atoms with Crippen molar-refractivity contribution >= 4 is 11.8 Å². The number of methoxy groups -OCH3 is 1. The molecule has 0 aliphatic rings. The van der Waals surface area contributed by atoms with Crippen LogP contribution in [0.1, 0.15) is 10.4 Å². The molecule has 0 aliphatic heterocycles. The summed E-state index contributed by atoms with van der Waals surface area (Å²) >= 11 is 0. The van der Waals surface area contributed by atoms with E-state index in [-0.39, 0.29) is 5.56 Å². The average Bonchev–Trinajstić information content (AvgIpc) is 2.27. The minimum absolute atomic E-state index is 0.100. The van der Waals surface area contributed by atoms with E-state index >= 15 is 0 Å². The number of carbonyl (C=O) groups excluding carboxylic acids is 2. The minimum Gasteiger partial charge on any atom is -0.497 e. The zero-order valence-corrected chi connectivity index (χ0v) is 7.39. The second kappa shape index (κ2) is 4.38. The molecule has 1 aromatic carbocycles. The number of hydrogen-bond donors (Lipinski definition) is 1. The van der Waals surface area contributed by atoms with Crippen molar-refractivity contribution in [2.24, 2.45) is 0 Å². The Labute approximate surface area is 79.8 Å². The van der Waals surface area contributed by atoms with Crippen molar-refractivity contribution in [2.75, 3.05) is 7.11 Å². The molecule has 0 atom stereocenters. The molecule has 0 fully saturated rings. The van der Waals surface area contributed by atoms with E-state index in [9.17, 15) is 9.59 Å². The monoisotopic (exact) mass is 196 g/mol. The van der Waals surface area contributed by atoms with Crippen LogP contribution in [0.15, 0.2) is 24.3 Å². The summed E-state index contributed by atoms with van der Waals surface area (Å²) in [5.41, 5.74) is 0.100. The Morgan fingerprint density at radius 2 is 2.07 bits per heavy atom. The smallest absolute Gasteiger partial charge is 0.412 e. The van der Waals surface area contributed by atoms with Gasteiger partial charge in [-0.25, -0.2) is 4.79 Å². The van der Waals surface area contributed by atoms with Gasteiger partial charge in [0.2, 0.25) is 0 Å².